The van der Waals surface area contributed by atoms with Crippen molar-refractivity contribution >= 4 is 39.9 Å². The fourth-order valence-corrected chi connectivity index (χ4v) is 3.37. The molecule has 0 radical (unpaired) electrons. The fourth-order valence-electron chi connectivity index (χ4n) is 3.37. The third-order valence-electron chi connectivity index (χ3n) is 4.70. The topological polar surface area (TPSA) is 87.7 Å². The van der Waals surface area contributed by atoms with Crippen LogP contribution in [0.25, 0.3) is 10.8 Å². The summed E-state index contributed by atoms with van der Waals surface area (Å²) in [4.78, 5) is 37.5. The molecule has 7 heteroatoms. The molecule has 0 fully saturated rings. The molecule has 31 heavy (non-hydrogen) atoms. The molecule has 160 valence electrons. The second kappa shape index (κ2) is 9.30. The van der Waals surface area contributed by atoms with E-state index in [0.29, 0.717) is 23.5 Å². The molecular weight excluding hydrogens is 394 g/mol. The standard InChI is InChI=1S/C24H25N3O4/c1-15(28)25-21-10-20(11-22(13-21)26-16(2)29)24(30)27(3)14-17-5-6-19-12-23(31-4)8-7-18(19)9-17/h5-13H,14H2,1-4H3,(H,25,28)(H,26,29). The molecule has 0 saturated heterocycles. The van der Waals surface area contributed by atoms with Crippen LogP contribution in [0.2, 0.25) is 0 Å². The molecule has 0 unspecified atom stereocenters. The van der Waals surface area contributed by atoms with E-state index in [2.05, 4.69) is 10.6 Å². The highest BCUT2D eigenvalue weighted by Crippen LogP contribution is 2.24. The fraction of sp³-hybridized carbons (Fsp3) is 0.208. The molecule has 0 aliphatic heterocycles. The summed E-state index contributed by atoms with van der Waals surface area (Å²) in [6.45, 7) is 3.17. The molecule has 0 atom stereocenters. The van der Waals surface area contributed by atoms with Gasteiger partial charge in [-0.2, -0.15) is 0 Å². The molecule has 3 aromatic carbocycles. The first-order valence-corrected chi connectivity index (χ1v) is 9.77. The van der Waals surface area contributed by atoms with E-state index in [9.17, 15) is 14.4 Å². The first kappa shape index (κ1) is 21.8. The summed E-state index contributed by atoms with van der Waals surface area (Å²) in [7, 11) is 3.35. The van der Waals surface area contributed by atoms with Gasteiger partial charge >= 0.3 is 0 Å². The lowest BCUT2D eigenvalue weighted by atomic mass is 10.1. The minimum absolute atomic E-state index is 0.228. The molecule has 2 N–H and O–H groups in total. The van der Waals surface area contributed by atoms with Crippen molar-refractivity contribution in [3.8, 4) is 5.75 Å². The third kappa shape index (κ3) is 5.60. The molecule has 0 spiro atoms. The van der Waals surface area contributed by atoms with E-state index in [1.54, 1.807) is 37.3 Å². The maximum absolute atomic E-state index is 13.1. The largest absolute Gasteiger partial charge is 0.497 e. The number of fused-ring (bicyclic) bond motifs is 1. The number of carbonyl (C=O) groups is 3. The molecule has 0 aliphatic carbocycles. The van der Waals surface area contributed by atoms with Gasteiger partial charge in [-0.05, 0) is 52.7 Å². The van der Waals surface area contributed by atoms with Gasteiger partial charge in [0, 0.05) is 44.4 Å². The molecule has 0 aliphatic rings. The van der Waals surface area contributed by atoms with Crippen LogP contribution in [0, 0.1) is 0 Å². The highest BCUT2D eigenvalue weighted by atomic mass is 16.5. The van der Waals surface area contributed by atoms with Crippen molar-refractivity contribution in [2.75, 3.05) is 24.8 Å². The molecule has 0 aromatic heterocycles. The van der Waals surface area contributed by atoms with Gasteiger partial charge in [0.15, 0.2) is 0 Å². The average Bonchev–Trinajstić information content (AvgIpc) is 2.71. The number of amides is 3. The number of anilines is 2. The number of hydrogen-bond acceptors (Lipinski definition) is 4. The van der Waals surface area contributed by atoms with Crippen LogP contribution >= 0.6 is 0 Å². The zero-order valence-corrected chi connectivity index (χ0v) is 18.0. The van der Waals surface area contributed by atoms with Crippen molar-refractivity contribution in [1.29, 1.82) is 0 Å². The van der Waals surface area contributed by atoms with Gasteiger partial charge in [-0.3, -0.25) is 14.4 Å². The number of ether oxygens (including phenoxy) is 1. The van der Waals surface area contributed by atoms with E-state index in [1.807, 2.05) is 36.4 Å². The summed E-state index contributed by atoms with van der Waals surface area (Å²) in [5.41, 5.74) is 2.22. The van der Waals surface area contributed by atoms with Crippen LogP contribution in [0.4, 0.5) is 11.4 Å². The number of hydrogen-bond donors (Lipinski definition) is 2. The summed E-state index contributed by atoms with van der Waals surface area (Å²) < 4.78 is 5.26. The smallest absolute Gasteiger partial charge is 0.254 e. The van der Waals surface area contributed by atoms with Gasteiger partial charge in [-0.15, -0.1) is 0 Å². The molecular formula is C24H25N3O4. The summed E-state index contributed by atoms with van der Waals surface area (Å²) in [6.07, 6.45) is 0. The van der Waals surface area contributed by atoms with Crippen LogP contribution < -0.4 is 15.4 Å². The zero-order valence-electron chi connectivity index (χ0n) is 18.0. The zero-order chi connectivity index (χ0) is 22.5. The predicted molar refractivity (Wildman–Crippen MR) is 121 cm³/mol. The van der Waals surface area contributed by atoms with E-state index in [4.69, 9.17) is 4.74 Å². The van der Waals surface area contributed by atoms with Crippen molar-refractivity contribution in [1.82, 2.24) is 4.90 Å². The Morgan fingerprint density at radius 3 is 2.00 bits per heavy atom. The molecule has 0 heterocycles. The molecule has 0 bridgehead atoms. The van der Waals surface area contributed by atoms with Gasteiger partial charge in [0.1, 0.15) is 5.75 Å². The van der Waals surface area contributed by atoms with E-state index in [-0.39, 0.29) is 17.7 Å². The normalized spacial score (nSPS) is 10.5. The van der Waals surface area contributed by atoms with Gasteiger partial charge < -0.3 is 20.3 Å². The second-order valence-electron chi connectivity index (χ2n) is 7.37. The van der Waals surface area contributed by atoms with Crippen LogP contribution in [0.3, 0.4) is 0 Å². The van der Waals surface area contributed by atoms with Crippen molar-refractivity contribution in [2.24, 2.45) is 0 Å². The Morgan fingerprint density at radius 1 is 0.839 bits per heavy atom. The lowest BCUT2D eigenvalue weighted by molar-refractivity contribution is -0.115. The van der Waals surface area contributed by atoms with Gasteiger partial charge in [0.25, 0.3) is 5.91 Å². The highest BCUT2D eigenvalue weighted by molar-refractivity contribution is 6.00. The minimum Gasteiger partial charge on any atom is -0.497 e. The SMILES string of the molecule is COc1ccc2cc(CN(C)C(=O)c3cc(NC(C)=O)cc(NC(C)=O)c3)ccc2c1. The molecule has 7 nitrogen and oxygen atoms in total. The number of carbonyl (C=O) groups excluding carboxylic acids is 3. The van der Waals surface area contributed by atoms with Crippen LogP contribution in [0.5, 0.6) is 5.75 Å². The van der Waals surface area contributed by atoms with Gasteiger partial charge in [0.2, 0.25) is 11.8 Å². The lowest BCUT2D eigenvalue weighted by Crippen LogP contribution is -2.26. The van der Waals surface area contributed by atoms with Crippen molar-refractivity contribution in [3.05, 3.63) is 65.7 Å². The Bertz CT molecular complexity index is 1120. The predicted octanol–water partition coefficient (Wildman–Crippen LogP) is 4.04. The monoisotopic (exact) mass is 419 g/mol. The van der Waals surface area contributed by atoms with Crippen LogP contribution in [0.15, 0.2) is 54.6 Å². The van der Waals surface area contributed by atoms with E-state index < -0.39 is 0 Å². The highest BCUT2D eigenvalue weighted by Gasteiger charge is 2.15. The van der Waals surface area contributed by atoms with E-state index in [0.717, 1.165) is 22.1 Å². The Morgan fingerprint density at radius 2 is 1.42 bits per heavy atom. The second-order valence-corrected chi connectivity index (χ2v) is 7.37. The Labute approximate surface area is 181 Å². The molecule has 0 saturated carbocycles. The Hall–Kier alpha value is -3.87. The van der Waals surface area contributed by atoms with Crippen molar-refractivity contribution in [3.63, 3.8) is 0 Å². The van der Waals surface area contributed by atoms with Crippen molar-refractivity contribution < 1.29 is 19.1 Å². The molecule has 3 aromatic rings. The van der Waals surface area contributed by atoms with Crippen LogP contribution in [-0.2, 0) is 16.1 Å². The number of nitrogens with zero attached hydrogens (tertiary/aromatic N) is 1. The minimum atomic E-state index is -0.264. The molecule has 3 amide bonds. The van der Waals surface area contributed by atoms with E-state index in [1.165, 1.54) is 13.8 Å². The Kier molecular flexibility index (Phi) is 6.55. The van der Waals surface area contributed by atoms with Crippen LogP contribution in [0.1, 0.15) is 29.8 Å². The van der Waals surface area contributed by atoms with E-state index >= 15 is 0 Å². The first-order chi connectivity index (χ1) is 14.7. The van der Waals surface area contributed by atoms with Crippen LogP contribution in [-0.4, -0.2) is 36.8 Å². The van der Waals surface area contributed by atoms with Gasteiger partial charge in [-0.1, -0.05) is 18.2 Å². The average molecular weight is 419 g/mol. The van der Waals surface area contributed by atoms with Gasteiger partial charge in [0.05, 0.1) is 7.11 Å². The first-order valence-electron chi connectivity index (χ1n) is 9.77. The summed E-state index contributed by atoms with van der Waals surface area (Å²) in [5, 5.41) is 7.43. The Balaban J connectivity index is 1.83. The summed E-state index contributed by atoms with van der Waals surface area (Å²) in [6, 6.07) is 16.7. The quantitative estimate of drug-likeness (QED) is 0.631. The number of nitrogens with one attached hydrogen (secondary N) is 2. The summed E-state index contributed by atoms with van der Waals surface area (Å²) in [5.74, 6) is 0.0363. The lowest BCUT2D eigenvalue weighted by Gasteiger charge is -2.19. The number of methoxy groups -OCH3 is 1. The third-order valence-corrected chi connectivity index (χ3v) is 4.70. The van der Waals surface area contributed by atoms with Gasteiger partial charge in [-0.25, -0.2) is 0 Å². The van der Waals surface area contributed by atoms with Crippen molar-refractivity contribution in [2.45, 2.75) is 20.4 Å². The number of rotatable bonds is 6. The molecule has 3 rings (SSSR count). The number of benzene rings is 3. The maximum atomic E-state index is 13.1. The summed E-state index contributed by atoms with van der Waals surface area (Å²) >= 11 is 0. The maximum Gasteiger partial charge on any atom is 0.254 e.